The van der Waals surface area contributed by atoms with Crippen LogP contribution >= 0.6 is 23.2 Å². The summed E-state index contributed by atoms with van der Waals surface area (Å²) < 4.78 is 86.7. The molecule has 8 aliphatic rings. The van der Waals surface area contributed by atoms with E-state index in [-0.39, 0.29) is 66.6 Å². The van der Waals surface area contributed by atoms with Crippen LogP contribution in [0.4, 0.5) is 23.7 Å². The van der Waals surface area contributed by atoms with Gasteiger partial charge in [0.05, 0.1) is 54.5 Å². The highest BCUT2D eigenvalue weighted by Gasteiger charge is 2.53. The maximum Gasteiger partial charge on any atom is 0.573 e. The highest BCUT2D eigenvalue weighted by molar-refractivity contribution is 6.32. The van der Waals surface area contributed by atoms with E-state index in [9.17, 15) is 78.3 Å². The Bertz CT molecular complexity index is 5130. The number of aliphatic hydroxyl groups is 6. The zero-order valence-electron chi connectivity index (χ0n) is 69.9. The lowest BCUT2D eigenvalue weighted by Crippen LogP contribution is -2.66. The van der Waals surface area contributed by atoms with Gasteiger partial charge in [-0.05, 0) is 140 Å². The van der Waals surface area contributed by atoms with Crippen molar-refractivity contribution in [2.24, 2.45) is 11.7 Å². The van der Waals surface area contributed by atoms with Crippen LogP contribution in [0, 0.1) is 5.92 Å². The number of hydrogen-bond acceptors (Lipinski definition) is 31. The normalized spacial score (nSPS) is 26.6. The molecule has 6 aromatic carbocycles. The Morgan fingerprint density at radius 3 is 1.97 bits per heavy atom. The number of hydroxylamine groups is 1. The van der Waals surface area contributed by atoms with Gasteiger partial charge in [-0.15, -0.1) is 13.2 Å². The largest absolute Gasteiger partial charge is 0.573 e. The predicted molar refractivity (Wildman–Crippen MR) is 445 cm³/mol. The molecular formula is C83H99Cl2F3N14O27. The fourth-order valence-electron chi connectivity index (χ4n) is 15.6. The van der Waals surface area contributed by atoms with E-state index in [1.54, 1.807) is 11.9 Å². The van der Waals surface area contributed by atoms with E-state index in [0.29, 0.717) is 32.7 Å². The number of likely N-dealkylation sites (N-methyl/N-ethyl adjacent to an activating group) is 1. The molecule has 8 aliphatic heterocycles. The summed E-state index contributed by atoms with van der Waals surface area (Å²) in [5.74, 6) is -16.0. The third-order valence-corrected chi connectivity index (χ3v) is 22.8. The molecule has 14 rings (SSSR count). The number of carbonyl (C=O) groups excluding carboxylic acids is 9. The number of primary amides is 1. The number of halogens is 5. The van der Waals surface area contributed by atoms with E-state index >= 15 is 24.0 Å². The number of amides is 10. The second kappa shape index (κ2) is 41.6. The molecule has 0 saturated carbocycles. The molecule has 0 aromatic heterocycles. The minimum Gasteiger partial charge on any atom is -0.508 e. The van der Waals surface area contributed by atoms with Crippen LogP contribution < -0.4 is 83.4 Å². The second-order valence-corrected chi connectivity index (χ2v) is 32.8. The lowest BCUT2D eigenvalue weighted by molar-refractivity contribution is -0.334. The molecule has 18 atom stereocenters. The van der Waals surface area contributed by atoms with E-state index in [1.807, 2.05) is 13.8 Å². The SMILES string of the molecule is CN[C@H](CC(C)C)C(=O)N[C@H]1C(=O)N[C@@H](CC(N)=O)C(=O)N[C@H]2C(=O)N[C@H]3C(=O)N[C@H](C(=O)N[C@@H](C(=O)NOCCOC)c4cc(O)cc(O)c4-c4cc3ccc4O)[C@H](O)c3ccc(c(Cl)c3)Oc3cc2cc(c3O[C@@H]2O[C@H](CO)[C@@H](O)[C@H](O)[C@H]2O[C@H]2C[C@](C)(NCCN3CCN(NC(=O)Nc4ccc(OC(F)(F)F)cc4)CC3)[C@H](O)[C@H](C)O2)Oc2ccc(cc2Cl)[C@H]1O. The molecule has 698 valence electrons. The molecular weight excluding hydrogens is 1750 g/mol. The number of carbonyl (C=O) groups is 9. The number of phenolic OH excluding ortho intramolecular Hbond substituents is 3. The number of alkyl halides is 3. The van der Waals surface area contributed by atoms with Gasteiger partial charge in [-0.3, -0.25) is 53.5 Å². The number of hydrogen-bond donors (Lipinski definition) is 21. The molecule has 46 heteroatoms. The van der Waals surface area contributed by atoms with Crippen molar-refractivity contribution >= 4 is 82.2 Å². The van der Waals surface area contributed by atoms with Crippen molar-refractivity contribution < 1.29 is 145 Å². The van der Waals surface area contributed by atoms with Crippen molar-refractivity contribution in [1.82, 2.24) is 63.3 Å². The fourth-order valence-corrected chi connectivity index (χ4v) is 16.0. The lowest BCUT2D eigenvalue weighted by Gasteiger charge is -2.48. The number of ether oxygens (including phenoxy) is 8. The van der Waals surface area contributed by atoms with Crippen molar-refractivity contribution in [3.63, 3.8) is 0 Å². The summed E-state index contributed by atoms with van der Waals surface area (Å²) in [4.78, 5) is 140. The molecule has 0 aliphatic carbocycles. The minimum atomic E-state index is -4.91. The first-order valence-electron chi connectivity index (χ1n) is 40.7. The van der Waals surface area contributed by atoms with Gasteiger partial charge >= 0.3 is 12.4 Å². The summed E-state index contributed by atoms with van der Waals surface area (Å²) in [6, 6.07) is 3.37. The molecule has 8 heterocycles. The van der Waals surface area contributed by atoms with Gasteiger partial charge in [0.1, 0.15) is 101 Å². The summed E-state index contributed by atoms with van der Waals surface area (Å²) in [7, 11) is 2.80. The molecule has 129 heavy (non-hydrogen) atoms. The molecule has 11 bridgehead atoms. The third kappa shape index (κ3) is 23.3. The fraction of sp³-hybridized carbons (Fsp3) is 0.458. The number of nitrogens with one attached hydrogen (secondary N) is 11. The number of urea groups is 1. The number of aromatic hydroxyl groups is 3. The smallest absolute Gasteiger partial charge is 0.508 e. The van der Waals surface area contributed by atoms with Crippen molar-refractivity contribution in [2.45, 2.75) is 163 Å². The number of methoxy groups -OCH3 is 1. The van der Waals surface area contributed by atoms with Crippen LogP contribution in [0.3, 0.4) is 0 Å². The highest BCUT2D eigenvalue weighted by atomic mass is 35.5. The van der Waals surface area contributed by atoms with Crippen LogP contribution in [0.25, 0.3) is 11.1 Å². The summed E-state index contributed by atoms with van der Waals surface area (Å²) in [5, 5.41) is 131. The Kier molecular flexibility index (Phi) is 31.3. The molecule has 0 unspecified atom stereocenters. The van der Waals surface area contributed by atoms with Crippen molar-refractivity contribution in [3.8, 4) is 62.9 Å². The number of phenols is 3. The zero-order valence-corrected chi connectivity index (χ0v) is 71.4. The number of nitrogens with zero attached hydrogens (tertiary/aromatic N) is 2. The third-order valence-electron chi connectivity index (χ3n) is 22.2. The van der Waals surface area contributed by atoms with Crippen molar-refractivity contribution in [1.29, 1.82) is 0 Å². The molecule has 3 saturated heterocycles. The molecule has 0 spiro atoms. The average Bonchev–Trinajstić information content (AvgIpc) is 0.756. The maximum absolute atomic E-state index is 16.4. The van der Waals surface area contributed by atoms with Crippen LogP contribution in [0.1, 0.15) is 105 Å². The van der Waals surface area contributed by atoms with Crippen molar-refractivity contribution in [3.05, 3.63) is 141 Å². The maximum atomic E-state index is 16.4. The zero-order chi connectivity index (χ0) is 93.4. The minimum absolute atomic E-state index is 0.0754. The summed E-state index contributed by atoms with van der Waals surface area (Å²) >= 11 is 14.4. The van der Waals surface area contributed by atoms with Gasteiger partial charge in [0, 0.05) is 81.2 Å². The van der Waals surface area contributed by atoms with Crippen LogP contribution in [0.15, 0.2) is 103 Å². The van der Waals surface area contributed by atoms with Gasteiger partial charge in [-0.2, -0.15) is 0 Å². The van der Waals surface area contributed by atoms with Gasteiger partial charge in [0.15, 0.2) is 23.9 Å². The van der Waals surface area contributed by atoms with E-state index in [1.165, 1.54) is 45.3 Å². The molecule has 3 fully saturated rings. The van der Waals surface area contributed by atoms with Crippen LogP contribution in [0.5, 0.6) is 51.7 Å². The highest BCUT2D eigenvalue weighted by Crippen LogP contribution is 2.50. The number of aliphatic hydroxyl groups excluding tert-OH is 6. The molecule has 10 amide bonds. The monoisotopic (exact) mass is 1850 g/mol. The van der Waals surface area contributed by atoms with Gasteiger partial charge in [0.25, 0.3) is 5.91 Å². The predicted octanol–water partition coefficient (Wildman–Crippen LogP) is 1.60. The van der Waals surface area contributed by atoms with Crippen LogP contribution in [0.2, 0.25) is 10.0 Å². The van der Waals surface area contributed by atoms with Crippen LogP contribution in [-0.2, 0) is 62.1 Å². The molecule has 0 radical (unpaired) electrons. The van der Waals surface area contributed by atoms with Crippen molar-refractivity contribution in [2.75, 3.05) is 78.6 Å². The summed E-state index contributed by atoms with van der Waals surface area (Å²) in [6.07, 6.45) is -24.1. The quantitative estimate of drug-likeness (QED) is 0.0302. The summed E-state index contributed by atoms with van der Waals surface area (Å²) in [5.41, 5.74) is 6.83. The van der Waals surface area contributed by atoms with E-state index in [4.69, 9.17) is 66.9 Å². The second-order valence-electron chi connectivity index (χ2n) is 32.0. The summed E-state index contributed by atoms with van der Waals surface area (Å²) in [6.45, 7) is 7.57. The first-order chi connectivity index (χ1) is 61.2. The lowest BCUT2D eigenvalue weighted by atomic mass is 9.85. The Balaban J connectivity index is 0.961. The number of nitrogens with two attached hydrogens (primary N) is 1. The first-order valence-corrected chi connectivity index (χ1v) is 41.5. The number of benzene rings is 6. The Hall–Kier alpha value is -11.3. The first kappa shape index (κ1) is 96.8. The van der Waals surface area contributed by atoms with E-state index in [0.717, 1.165) is 78.9 Å². The van der Waals surface area contributed by atoms with Crippen LogP contribution in [-0.4, -0.2) is 268 Å². The number of anilines is 1. The van der Waals surface area contributed by atoms with Gasteiger partial charge in [-0.25, -0.2) is 15.3 Å². The average molecular weight is 1850 g/mol. The number of fused-ring (bicyclic) bond motifs is 15. The topological polar surface area (TPSA) is 584 Å². The standard InChI is InChI=1S/C83H99Cl2F3N14O27/c1-36(2)25-49(90-5)73(113)97-64-66(108)39-8-15-53(47(84)27-39)124-55-29-41-30-56(70(55)128-80-71(69(111)68(110)57(35-103)126-80)127-59-34-82(4,72(112)37(3)123-59)91-17-18-101-19-21-102(22-20-101)99-81(120)92-42-10-12-44(13-11-42)129-83(86,87)88)125-54-16-9-40(28-48(54)85)67(109)65-78(118)96-63(79(119)100-122-24-23-121-6)46-31-43(104)32-52(106)60(46)45-26-38(7-14-51(45)105)61(75(115)98-65)95-76(116)62(41)94-74(114)50(33-58(89)107)93-77(64)117/h7-16,26-32,36-37,49-50,57,59,61-69,71-72,80,90-91,103-106,108-112H,17-25,33-35H2,1-6H3,(H2,89,107)(H,93,117)(H,94,114)(H,95,116)(H,96,118)(H,97,113)(H,98,115)(H,100,119)(H2,92,99,120)/t37-,49+,50-,57+,59-,61+,62+,63+,64+,65-,66+,67+,68+,69-,71+,72+,80-,82-/m0/s1. The molecule has 41 nitrogen and oxygen atoms in total. The molecule has 6 aromatic rings. The molecule has 22 N–H and O–H groups in total. The Morgan fingerprint density at radius 2 is 1.35 bits per heavy atom. The van der Waals surface area contributed by atoms with Gasteiger partial charge in [0.2, 0.25) is 53.4 Å². The Morgan fingerprint density at radius 1 is 0.713 bits per heavy atom. The number of rotatable bonds is 24. The number of hydrazine groups is 1. The van der Waals surface area contributed by atoms with E-state index < -0.39 is 260 Å². The van der Waals surface area contributed by atoms with Gasteiger partial charge in [-0.1, -0.05) is 55.2 Å². The van der Waals surface area contributed by atoms with Gasteiger partial charge < -0.3 is 137 Å². The number of piperazine rings is 1. The Labute approximate surface area is 743 Å². The van der Waals surface area contributed by atoms with E-state index in [2.05, 4.69) is 68.4 Å².